The quantitative estimate of drug-likeness (QED) is 0.419. The van der Waals surface area contributed by atoms with E-state index in [1.807, 2.05) is 6.07 Å². The fourth-order valence-electron chi connectivity index (χ4n) is 2.15. The van der Waals surface area contributed by atoms with Crippen LogP contribution in [0.2, 0.25) is 0 Å². The number of anilines is 1. The van der Waals surface area contributed by atoms with Gasteiger partial charge in [0.15, 0.2) is 5.76 Å². The molecule has 0 spiro atoms. The van der Waals surface area contributed by atoms with Gasteiger partial charge in [-0.05, 0) is 24.3 Å². The Morgan fingerprint density at radius 3 is 2.62 bits per heavy atom. The van der Waals surface area contributed by atoms with Crippen molar-refractivity contribution in [2.45, 2.75) is 4.90 Å². The van der Waals surface area contributed by atoms with Crippen LogP contribution in [-0.2, 0) is 0 Å². The Kier molecular flexibility index (Phi) is 4.35. The average molecular weight is 340 g/mol. The number of amides is 1. The summed E-state index contributed by atoms with van der Waals surface area (Å²) in [5.74, 6) is 0.0595. The van der Waals surface area contributed by atoms with Crippen LogP contribution in [0, 0.1) is 10.1 Å². The number of hydrogen-bond donors (Lipinski definition) is 2. The summed E-state index contributed by atoms with van der Waals surface area (Å²) in [6.07, 6.45) is 0. The van der Waals surface area contributed by atoms with E-state index in [1.165, 1.54) is 18.2 Å². The standard InChI is InChI=1S/C17H12N2O4S/c20-17(18-13-6-1-2-7-16(13)24)15-9-8-14(23-15)11-4-3-5-12(10-11)19(21)22/h1-10,24H,(H,18,20). The zero-order chi connectivity index (χ0) is 17.1. The Bertz CT molecular complexity index is 920. The van der Waals surface area contributed by atoms with Crippen molar-refractivity contribution >= 4 is 29.9 Å². The first-order valence-corrected chi connectivity index (χ1v) is 7.43. The molecule has 120 valence electrons. The minimum Gasteiger partial charge on any atom is -0.451 e. The third-order valence-corrected chi connectivity index (χ3v) is 3.71. The molecule has 0 unspecified atom stereocenters. The smallest absolute Gasteiger partial charge is 0.291 e. The van der Waals surface area contributed by atoms with E-state index in [0.717, 1.165) is 0 Å². The van der Waals surface area contributed by atoms with Gasteiger partial charge in [-0.2, -0.15) is 0 Å². The van der Waals surface area contributed by atoms with Crippen LogP contribution in [0.3, 0.4) is 0 Å². The Hall–Kier alpha value is -3.06. The Labute approximate surface area is 142 Å². The summed E-state index contributed by atoms with van der Waals surface area (Å²) in [6, 6.07) is 16.2. The van der Waals surface area contributed by atoms with Crippen LogP contribution < -0.4 is 5.32 Å². The molecule has 0 atom stereocenters. The first-order valence-electron chi connectivity index (χ1n) is 6.98. The van der Waals surface area contributed by atoms with Crippen LogP contribution in [0.15, 0.2) is 70.0 Å². The molecule has 0 fully saturated rings. The summed E-state index contributed by atoms with van der Waals surface area (Å²) in [5.41, 5.74) is 1.05. The van der Waals surface area contributed by atoms with Crippen molar-refractivity contribution in [1.82, 2.24) is 0 Å². The second-order valence-corrected chi connectivity index (χ2v) is 5.42. The van der Waals surface area contributed by atoms with Gasteiger partial charge in [-0.25, -0.2) is 0 Å². The number of nitro groups is 1. The minimum absolute atomic E-state index is 0.0427. The number of thiol groups is 1. The van der Waals surface area contributed by atoms with E-state index in [4.69, 9.17) is 4.42 Å². The zero-order valence-corrected chi connectivity index (χ0v) is 13.2. The molecule has 6 nitrogen and oxygen atoms in total. The van der Waals surface area contributed by atoms with Gasteiger partial charge >= 0.3 is 0 Å². The maximum Gasteiger partial charge on any atom is 0.291 e. The van der Waals surface area contributed by atoms with Crippen molar-refractivity contribution in [3.05, 3.63) is 76.5 Å². The molecule has 0 aliphatic rings. The summed E-state index contributed by atoms with van der Waals surface area (Å²) in [5, 5.41) is 13.5. The van der Waals surface area contributed by atoms with Gasteiger partial charge in [0.05, 0.1) is 10.6 Å². The lowest BCUT2D eigenvalue weighted by Crippen LogP contribution is -2.11. The van der Waals surface area contributed by atoms with Crippen LogP contribution in [0.5, 0.6) is 0 Å². The highest BCUT2D eigenvalue weighted by atomic mass is 32.1. The van der Waals surface area contributed by atoms with Crippen LogP contribution in [-0.4, -0.2) is 10.8 Å². The van der Waals surface area contributed by atoms with Crippen LogP contribution in [0.1, 0.15) is 10.6 Å². The van der Waals surface area contributed by atoms with Gasteiger partial charge in [0.1, 0.15) is 5.76 Å². The van der Waals surface area contributed by atoms with Crippen molar-refractivity contribution in [2.75, 3.05) is 5.32 Å². The number of para-hydroxylation sites is 1. The number of carbonyl (C=O) groups excluding carboxylic acids is 1. The predicted molar refractivity (Wildman–Crippen MR) is 92.4 cm³/mol. The molecule has 3 rings (SSSR count). The molecule has 0 saturated carbocycles. The van der Waals surface area contributed by atoms with Crippen molar-refractivity contribution < 1.29 is 14.1 Å². The number of benzene rings is 2. The van der Waals surface area contributed by atoms with Crippen molar-refractivity contribution in [3.8, 4) is 11.3 Å². The van der Waals surface area contributed by atoms with Crippen molar-refractivity contribution in [2.24, 2.45) is 0 Å². The molecule has 2 aromatic carbocycles. The summed E-state index contributed by atoms with van der Waals surface area (Å²) >= 11 is 4.27. The first-order chi connectivity index (χ1) is 11.5. The molecule has 24 heavy (non-hydrogen) atoms. The lowest BCUT2D eigenvalue weighted by molar-refractivity contribution is -0.384. The molecule has 1 amide bonds. The van der Waals surface area contributed by atoms with Crippen molar-refractivity contribution in [3.63, 3.8) is 0 Å². The van der Waals surface area contributed by atoms with Gasteiger partial charge < -0.3 is 9.73 Å². The second-order valence-electron chi connectivity index (χ2n) is 4.94. The normalized spacial score (nSPS) is 10.4. The topological polar surface area (TPSA) is 85.4 Å². The minimum atomic E-state index is -0.482. The van der Waals surface area contributed by atoms with Crippen LogP contribution in [0.25, 0.3) is 11.3 Å². The highest BCUT2D eigenvalue weighted by Gasteiger charge is 2.15. The van der Waals surface area contributed by atoms with Crippen LogP contribution >= 0.6 is 12.6 Å². The Balaban J connectivity index is 1.83. The number of furan rings is 1. The third-order valence-electron chi connectivity index (χ3n) is 3.32. The van der Waals surface area contributed by atoms with E-state index in [-0.39, 0.29) is 11.4 Å². The maximum absolute atomic E-state index is 12.2. The zero-order valence-electron chi connectivity index (χ0n) is 12.3. The average Bonchev–Trinajstić information content (AvgIpc) is 3.07. The number of carbonyl (C=O) groups is 1. The lowest BCUT2D eigenvalue weighted by atomic mass is 10.1. The molecular weight excluding hydrogens is 328 g/mol. The Morgan fingerprint density at radius 2 is 1.88 bits per heavy atom. The SMILES string of the molecule is O=C(Nc1ccccc1S)c1ccc(-c2cccc([N+](=O)[O-])c2)o1. The monoisotopic (exact) mass is 340 g/mol. The number of rotatable bonds is 4. The molecule has 1 N–H and O–H groups in total. The molecule has 7 heteroatoms. The number of nitro benzene ring substituents is 1. The first kappa shape index (κ1) is 15.8. The lowest BCUT2D eigenvalue weighted by Gasteiger charge is -2.05. The van der Waals surface area contributed by atoms with E-state index in [1.54, 1.807) is 36.4 Å². The number of nitrogens with zero attached hydrogens (tertiary/aromatic N) is 1. The second kappa shape index (κ2) is 6.59. The summed E-state index contributed by atoms with van der Waals surface area (Å²) in [4.78, 5) is 23.2. The molecular formula is C17H12N2O4S. The fraction of sp³-hybridized carbons (Fsp3) is 0. The van der Waals surface area contributed by atoms with Gasteiger partial charge in [0.25, 0.3) is 11.6 Å². The van der Waals surface area contributed by atoms with Gasteiger partial charge in [-0.3, -0.25) is 14.9 Å². The number of non-ortho nitro benzene ring substituents is 1. The molecule has 0 saturated heterocycles. The molecule has 1 aromatic heterocycles. The highest BCUT2D eigenvalue weighted by molar-refractivity contribution is 7.80. The largest absolute Gasteiger partial charge is 0.451 e. The van der Waals surface area contributed by atoms with Gasteiger partial charge in [-0.1, -0.05) is 24.3 Å². The fourth-order valence-corrected chi connectivity index (χ4v) is 2.37. The molecule has 3 aromatic rings. The van der Waals surface area contributed by atoms with Crippen LogP contribution in [0.4, 0.5) is 11.4 Å². The Morgan fingerprint density at radius 1 is 1.08 bits per heavy atom. The summed E-state index contributed by atoms with van der Waals surface area (Å²) in [7, 11) is 0. The number of nitrogens with one attached hydrogen (secondary N) is 1. The van der Waals surface area contributed by atoms with Crippen molar-refractivity contribution in [1.29, 1.82) is 0 Å². The van der Waals surface area contributed by atoms with E-state index in [0.29, 0.717) is 21.9 Å². The van der Waals surface area contributed by atoms with Gasteiger partial charge in [0, 0.05) is 22.6 Å². The van der Waals surface area contributed by atoms with E-state index in [9.17, 15) is 14.9 Å². The van der Waals surface area contributed by atoms with E-state index < -0.39 is 10.8 Å². The van der Waals surface area contributed by atoms with E-state index >= 15 is 0 Å². The molecule has 0 radical (unpaired) electrons. The maximum atomic E-state index is 12.2. The van der Waals surface area contributed by atoms with Gasteiger partial charge in [-0.15, -0.1) is 12.6 Å². The molecule has 0 aliphatic heterocycles. The third kappa shape index (κ3) is 3.31. The molecule has 0 aliphatic carbocycles. The number of hydrogen-bond acceptors (Lipinski definition) is 5. The highest BCUT2D eigenvalue weighted by Crippen LogP contribution is 2.26. The summed E-state index contributed by atoms with van der Waals surface area (Å²) < 4.78 is 5.52. The van der Waals surface area contributed by atoms with Gasteiger partial charge in [0.2, 0.25) is 0 Å². The van der Waals surface area contributed by atoms with E-state index in [2.05, 4.69) is 17.9 Å². The molecule has 0 bridgehead atoms. The molecule has 1 heterocycles. The predicted octanol–water partition coefficient (Wildman–Crippen LogP) is 4.40. The summed E-state index contributed by atoms with van der Waals surface area (Å²) in [6.45, 7) is 0.